The summed E-state index contributed by atoms with van der Waals surface area (Å²) < 4.78 is 29.7. The Bertz CT molecular complexity index is 110. The van der Waals surface area contributed by atoms with Gasteiger partial charge in [-0.1, -0.05) is 0 Å². The molecule has 1 fully saturated rings. The predicted octanol–water partition coefficient (Wildman–Crippen LogP) is 0.281. The number of methoxy groups -OCH3 is 1. The van der Waals surface area contributed by atoms with Crippen molar-refractivity contribution < 1.29 is 13.5 Å². The van der Waals surface area contributed by atoms with E-state index < -0.39 is 18.4 Å². The quantitative estimate of drug-likeness (QED) is 0.612. The molecule has 1 aliphatic heterocycles. The smallest absolute Gasteiger partial charge is 0.150 e. The average Bonchev–Trinajstić information content (AvgIpc) is 2.20. The Labute approximate surface area is 58.6 Å². The van der Waals surface area contributed by atoms with E-state index in [9.17, 15) is 8.78 Å². The highest BCUT2D eigenvalue weighted by molar-refractivity contribution is 4.90. The molecule has 0 amide bonds. The highest BCUT2D eigenvalue weighted by Gasteiger charge is 2.35. The molecule has 3 unspecified atom stereocenters. The number of hydrogen-bond donors (Lipinski definition) is 1. The van der Waals surface area contributed by atoms with Crippen molar-refractivity contribution in [1.82, 2.24) is 5.32 Å². The van der Waals surface area contributed by atoms with Crippen molar-refractivity contribution in [1.29, 1.82) is 0 Å². The Morgan fingerprint density at radius 2 is 2.30 bits per heavy atom. The molecule has 0 spiro atoms. The average molecular weight is 151 g/mol. The van der Waals surface area contributed by atoms with Crippen LogP contribution in [-0.2, 0) is 4.74 Å². The summed E-state index contributed by atoms with van der Waals surface area (Å²) in [6.07, 6.45) is -2.76. The second kappa shape index (κ2) is 3.25. The van der Waals surface area contributed by atoms with Crippen molar-refractivity contribution in [3.8, 4) is 0 Å². The van der Waals surface area contributed by atoms with Crippen LogP contribution < -0.4 is 5.32 Å². The number of ether oxygens (including phenoxy) is 1. The molecule has 0 saturated carbocycles. The maximum atomic E-state index is 12.7. The molecule has 10 heavy (non-hydrogen) atoms. The molecule has 0 radical (unpaired) electrons. The maximum Gasteiger partial charge on any atom is 0.150 e. The lowest BCUT2D eigenvalue weighted by atomic mass is 10.2. The van der Waals surface area contributed by atoms with Crippen LogP contribution in [0.3, 0.4) is 0 Å². The lowest BCUT2D eigenvalue weighted by Gasteiger charge is -2.10. The first-order chi connectivity index (χ1) is 4.75. The minimum atomic E-state index is -1.40. The second-order valence-electron chi connectivity index (χ2n) is 2.43. The molecule has 0 aromatic heterocycles. The van der Waals surface area contributed by atoms with Gasteiger partial charge in [0.25, 0.3) is 0 Å². The van der Waals surface area contributed by atoms with Crippen LogP contribution in [0.5, 0.6) is 0 Å². The zero-order valence-corrected chi connectivity index (χ0v) is 5.81. The fraction of sp³-hybridized carbons (Fsp3) is 1.00. The van der Waals surface area contributed by atoms with Crippen LogP contribution in [0.4, 0.5) is 8.78 Å². The SMILES string of the molecule is COCC1NCC(F)C1F. The van der Waals surface area contributed by atoms with E-state index in [1.54, 1.807) is 0 Å². The minimum Gasteiger partial charge on any atom is -0.383 e. The molecule has 3 atom stereocenters. The largest absolute Gasteiger partial charge is 0.383 e. The van der Waals surface area contributed by atoms with E-state index in [4.69, 9.17) is 0 Å². The van der Waals surface area contributed by atoms with E-state index in [0.717, 1.165) is 0 Å². The number of alkyl halides is 2. The van der Waals surface area contributed by atoms with Gasteiger partial charge in [0, 0.05) is 13.7 Å². The molecule has 1 saturated heterocycles. The summed E-state index contributed by atoms with van der Waals surface area (Å²) in [5.74, 6) is 0. The highest BCUT2D eigenvalue weighted by Crippen LogP contribution is 2.14. The number of nitrogens with one attached hydrogen (secondary N) is 1. The van der Waals surface area contributed by atoms with Gasteiger partial charge in [-0.25, -0.2) is 8.78 Å². The van der Waals surface area contributed by atoms with Crippen LogP contribution in [0, 0.1) is 0 Å². The molecule has 1 rings (SSSR count). The summed E-state index contributed by atoms with van der Waals surface area (Å²) in [6.45, 7) is 0.344. The van der Waals surface area contributed by atoms with E-state index in [1.807, 2.05) is 0 Å². The zero-order valence-electron chi connectivity index (χ0n) is 5.81. The molecule has 0 aromatic carbocycles. The van der Waals surface area contributed by atoms with Crippen molar-refractivity contribution in [2.24, 2.45) is 0 Å². The molecule has 0 bridgehead atoms. The lowest BCUT2D eigenvalue weighted by molar-refractivity contribution is 0.120. The van der Waals surface area contributed by atoms with Gasteiger partial charge in [-0.15, -0.1) is 0 Å². The summed E-state index contributed by atoms with van der Waals surface area (Å²) in [4.78, 5) is 0. The van der Waals surface area contributed by atoms with Crippen molar-refractivity contribution in [3.05, 3.63) is 0 Å². The van der Waals surface area contributed by atoms with Crippen molar-refractivity contribution in [2.45, 2.75) is 18.4 Å². The molecule has 0 aromatic rings. The third kappa shape index (κ3) is 1.44. The third-order valence-electron chi connectivity index (χ3n) is 1.65. The van der Waals surface area contributed by atoms with Gasteiger partial charge in [-0.2, -0.15) is 0 Å². The van der Waals surface area contributed by atoms with Gasteiger partial charge < -0.3 is 10.1 Å². The molecule has 4 heteroatoms. The van der Waals surface area contributed by atoms with E-state index in [0.29, 0.717) is 0 Å². The molecule has 0 aliphatic carbocycles. The topological polar surface area (TPSA) is 21.3 Å². The Balaban J connectivity index is 2.33. The van der Waals surface area contributed by atoms with Crippen LogP contribution in [0.2, 0.25) is 0 Å². The van der Waals surface area contributed by atoms with Crippen LogP contribution >= 0.6 is 0 Å². The summed E-state index contributed by atoms with van der Waals surface area (Å²) in [5, 5.41) is 2.68. The second-order valence-corrected chi connectivity index (χ2v) is 2.43. The molecule has 1 N–H and O–H groups in total. The molecular formula is C6H11F2NO. The molecule has 2 nitrogen and oxygen atoms in total. The van der Waals surface area contributed by atoms with Gasteiger partial charge in [0.2, 0.25) is 0 Å². The Morgan fingerprint density at radius 3 is 2.70 bits per heavy atom. The zero-order chi connectivity index (χ0) is 7.56. The normalized spacial score (nSPS) is 40.5. The molecular weight excluding hydrogens is 140 g/mol. The van der Waals surface area contributed by atoms with Gasteiger partial charge in [0.15, 0.2) is 0 Å². The standard InChI is InChI=1S/C6H11F2NO/c1-10-3-5-6(8)4(7)2-9-5/h4-6,9H,2-3H2,1H3. The lowest BCUT2D eigenvalue weighted by Crippen LogP contribution is -2.33. The summed E-state index contributed by atoms with van der Waals surface area (Å²) in [7, 11) is 1.47. The van der Waals surface area contributed by atoms with Crippen LogP contribution in [0.15, 0.2) is 0 Å². The van der Waals surface area contributed by atoms with E-state index >= 15 is 0 Å². The van der Waals surface area contributed by atoms with Gasteiger partial charge in [0.05, 0.1) is 12.6 Å². The van der Waals surface area contributed by atoms with Crippen LogP contribution in [0.1, 0.15) is 0 Å². The Kier molecular flexibility index (Phi) is 2.56. The summed E-state index contributed by atoms with van der Waals surface area (Å²) in [6, 6.07) is -0.458. The maximum absolute atomic E-state index is 12.7. The van der Waals surface area contributed by atoms with Crippen molar-refractivity contribution in [2.75, 3.05) is 20.3 Å². The van der Waals surface area contributed by atoms with Gasteiger partial charge in [0.1, 0.15) is 12.3 Å². The van der Waals surface area contributed by atoms with E-state index in [-0.39, 0.29) is 13.2 Å². The first-order valence-electron chi connectivity index (χ1n) is 3.26. The van der Waals surface area contributed by atoms with Crippen molar-refractivity contribution >= 4 is 0 Å². The Morgan fingerprint density at radius 1 is 1.60 bits per heavy atom. The van der Waals surface area contributed by atoms with Gasteiger partial charge in [-0.3, -0.25) is 0 Å². The number of rotatable bonds is 2. The van der Waals surface area contributed by atoms with Crippen LogP contribution in [-0.4, -0.2) is 38.6 Å². The molecule has 1 heterocycles. The monoisotopic (exact) mass is 151 g/mol. The highest BCUT2D eigenvalue weighted by atomic mass is 19.2. The van der Waals surface area contributed by atoms with Gasteiger partial charge >= 0.3 is 0 Å². The summed E-state index contributed by atoms with van der Waals surface area (Å²) in [5.41, 5.74) is 0. The number of hydrogen-bond acceptors (Lipinski definition) is 2. The minimum absolute atomic E-state index is 0.106. The number of halogens is 2. The fourth-order valence-corrected chi connectivity index (χ4v) is 1.07. The first kappa shape index (κ1) is 7.88. The first-order valence-corrected chi connectivity index (χ1v) is 3.26. The third-order valence-corrected chi connectivity index (χ3v) is 1.65. The molecule has 60 valence electrons. The molecule has 1 aliphatic rings. The van der Waals surface area contributed by atoms with E-state index in [2.05, 4.69) is 10.1 Å². The van der Waals surface area contributed by atoms with E-state index in [1.165, 1.54) is 7.11 Å². The van der Waals surface area contributed by atoms with Gasteiger partial charge in [-0.05, 0) is 0 Å². The van der Waals surface area contributed by atoms with Crippen molar-refractivity contribution in [3.63, 3.8) is 0 Å². The summed E-state index contributed by atoms with van der Waals surface area (Å²) >= 11 is 0. The Hall–Kier alpha value is -0.220. The fourth-order valence-electron chi connectivity index (χ4n) is 1.07. The van der Waals surface area contributed by atoms with Crippen LogP contribution in [0.25, 0.3) is 0 Å². The predicted molar refractivity (Wildman–Crippen MR) is 33.5 cm³/mol.